The molecule has 0 radical (unpaired) electrons. The van der Waals surface area contributed by atoms with Gasteiger partial charge >= 0.3 is 0 Å². The molecule has 4 heterocycles. The van der Waals surface area contributed by atoms with Crippen molar-refractivity contribution in [3.63, 3.8) is 0 Å². The van der Waals surface area contributed by atoms with Crippen LogP contribution in [0.2, 0.25) is 0 Å². The molecule has 5 aromatic rings. The molecule has 0 bridgehead atoms. The Bertz CT molecular complexity index is 1780. The average Bonchev–Trinajstić information content (AvgIpc) is 3.43. The summed E-state index contributed by atoms with van der Waals surface area (Å²) in [6, 6.07) is 8.28. The maximum Gasteiger partial charge on any atom is 0.229 e. The number of aryl methyl sites for hydroxylation is 1. The van der Waals surface area contributed by atoms with Gasteiger partial charge in [0.05, 0.1) is 39.6 Å². The predicted molar refractivity (Wildman–Crippen MR) is 179 cm³/mol. The molecule has 2 aromatic carbocycles. The molecule has 222 valence electrons. The minimum absolute atomic E-state index is 0.447. The van der Waals surface area contributed by atoms with Gasteiger partial charge in [-0.3, -0.25) is 14.6 Å². The molecule has 1 aliphatic rings. The number of aromatic nitrogens is 6. The molecule has 2 N–H and O–H groups in total. The largest absolute Gasteiger partial charge is 0.487 e. The summed E-state index contributed by atoms with van der Waals surface area (Å²) in [4.78, 5) is 23.2. The second-order valence-corrected chi connectivity index (χ2v) is 13.9. The summed E-state index contributed by atoms with van der Waals surface area (Å²) >= 11 is 3.64. The highest BCUT2D eigenvalue weighted by Gasteiger charge is 2.24. The molecular formula is C30H34BrN10OP. The number of rotatable bonds is 9. The number of likely N-dealkylation sites (N-methyl/N-ethyl adjacent to an activating group) is 1. The first-order valence-electron chi connectivity index (χ1n) is 13.9. The van der Waals surface area contributed by atoms with Crippen LogP contribution in [0.15, 0.2) is 59.7 Å². The van der Waals surface area contributed by atoms with Gasteiger partial charge < -0.3 is 25.2 Å². The first-order chi connectivity index (χ1) is 20.8. The molecule has 43 heavy (non-hydrogen) atoms. The zero-order valence-corrected chi connectivity index (χ0v) is 27.3. The normalized spacial score (nSPS) is 13.0. The molecule has 11 nitrogen and oxygen atoms in total. The van der Waals surface area contributed by atoms with Crippen LogP contribution in [0.5, 0.6) is 5.75 Å². The predicted octanol–water partition coefficient (Wildman–Crippen LogP) is 5.20. The van der Waals surface area contributed by atoms with Gasteiger partial charge in [-0.15, -0.1) is 0 Å². The summed E-state index contributed by atoms with van der Waals surface area (Å²) in [6.07, 6.45) is 9.10. The Morgan fingerprint density at radius 1 is 1.02 bits per heavy atom. The lowest BCUT2D eigenvalue weighted by molar-refractivity contribution is 0.304. The summed E-state index contributed by atoms with van der Waals surface area (Å²) in [5.74, 6) is 1.88. The van der Waals surface area contributed by atoms with Crippen molar-refractivity contribution in [3.05, 3.63) is 59.7 Å². The number of nitrogens with one attached hydrogen (secondary N) is 2. The van der Waals surface area contributed by atoms with Crippen molar-refractivity contribution in [2.75, 3.05) is 69.2 Å². The van der Waals surface area contributed by atoms with E-state index < -0.39 is 7.92 Å². The Labute approximate surface area is 260 Å². The van der Waals surface area contributed by atoms with Crippen molar-refractivity contribution in [1.29, 1.82) is 0 Å². The average molecular weight is 662 g/mol. The number of benzene rings is 2. The molecule has 6 rings (SSSR count). The highest BCUT2D eigenvalue weighted by Crippen LogP contribution is 2.43. The van der Waals surface area contributed by atoms with Gasteiger partial charge in [0, 0.05) is 61.5 Å². The highest BCUT2D eigenvalue weighted by atomic mass is 79.9. The first-order valence-corrected chi connectivity index (χ1v) is 17.0. The summed E-state index contributed by atoms with van der Waals surface area (Å²) in [7, 11) is 5.62. The van der Waals surface area contributed by atoms with E-state index >= 15 is 0 Å². The van der Waals surface area contributed by atoms with E-state index in [1.165, 1.54) is 0 Å². The maximum absolute atomic E-state index is 6.26. The van der Waals surface area contributed by atoms with Crippen LogP contribution in [0.3, 0.4) is 0 Å². The monoisotopic (exact) mass is 660 g/mol. The van der Waals surface area contributed by atoms with Crippen molar-refractivity contribution in [1.82, 2.24) is 34.6 Å². The van der Waals surface area contributed by atoms with E-state index in [9.17, 15) is 0 Å². The van der Waals surface area contributed by atoms with Gasteiger partial charge in [0.2, 0.25) is 5.95 Å². The number of hydrogen-bond donors (Lipinski definition) is 2. The lowest BCUT2D eigenvalue weighted by Crippen LogP contribution is -2.37. The van der Waals surface area contributed by atoms with Crippen molar-refractivity contribution in [2.24, 2.45) is 7.05 Å². The third-order valence-corrected chi connectivity index (χ3v) is 9.11. The standard InChI is InChI=1S/C30H34BrN10OP/c1-39(2)10-11-41-12-13-42-27-24(14-19(15-25(27)41)20-16-35-40(3)18-20)37-30-34-17-21(31)29(38-30)36-23-7-6-22-26(28(23)43(4)5)33-9-8-32-22/h6-9,14-18H,10-13H2,1-5H3,(H2,34,36,37,38). The third-order valence-electron chi connectivity index (χ3n) is 7.18. The quantitative estimate of drug-likeness (QED) is 0.205. The summed E-state index contributed by atoms with van der Waals surface area (Å²) < 4.78 is 8.82. The van der Waals surface area contributed by atoms with E-state index in [-0.39, 0.29) is 0 Å². The smallest absolute Gasteiger partial charge is 0.229 e. The lowest BCUT2D eigenvalue weighted by atomic mass is 10.0. The van der Waals surface area contributed by atoms with Crippen LogP contribution in [0.25, 0.3) is 22.2 Å². The van der Waals surface area contributed by atoms with Gasteiger partial charge in [-0.2, -0.15) is 10.1 Å². The molecule has 0 atom stereocenters. The van der Waals surface area contributed by atoms with Crippen molar-refractivity contribution in [3.8, 4) is 16.9 Å². The van der Waals surface area contributed by atoms with Gasteiger partial charge in [0.15, 0.2) is 5.75 Å². The number of hydrogen-bond acceptors (Lipinski definition) is 10. The van der Waals surface area contributed by atoms with E-state index in [0.29, 0.717) is 18.4 Å². The van der Waals surface area contributed by atoms with E-state index in [1.54, 1.807) is 18.6 Å². The highest BCUT2D eigenvalue weighted by molar-refractivity contribution is 9.10. The number of ether oxygens (including phenoxy) is 1. The summed E-state index contributed by atoms with van der Waals surface area (Å²) in [5.41, 5.74) is 6.62. The number of fused-ring (bicyclic) bond motifs is 2. The third kappa shape index (κ3) is 6.27. The molecule has 13 heteroatoms. The van der Waals surface area contributed by atoms with Crippen LogP contribution < -0.4 is 25.6 Å². The van der Waals surface area contributed by atoms with Gasteiger partial charge in [-0.1, -0.05) is 7.92 Å². The number of halogens is 1. The fourth-order valence-electron chi connectivity index (χ4n) is 5.10. The topological polar surface area (TPSA) is 109 Å². The van der Waals surface area contributed by atoms with Gasteiger partial charge in [-0.25, -0.2) is 4.98 Å². The Balaban J connectivity index is 1.37. The van der Waals surface area contributed by atoms with Crippen LogP contribution in [-0.2, 0) is 7.05 Å². The molecule has 0 saturated carbocycles. The molecular weight excluding hydrogens is 627 g/mol. The van der Waals surface area contributed by atoms with E-state index in [1.807, 2.05) is 36.3 Å². The fourth-order valence-corrected chi connectivity index (χ4v) is 6.60. The Morgan fingerprint density at radius 3 is 2.63 bits per heavy atom. The summed E-state index contributed by atoms with van der Waals surface area (Å²) in [6.45, 7) is 7.66. The second-order valence-electron chi connectivity index (χ2n) is 10.8. The first kappa shape index (κ1) is 29.2. The fraction of sp³-hybridized carbons (Fsp3) is 0.300. The van der Waals surface area contributed by atoms with E-state index in [4.69, 9.17) is 9.72 Å². The Kier molecular flexibility index (Phi) is 8.43. The summed E-state index contributed by atoms with van der Waals surface area (Å²) in [5, 5.41) is 12.5. The molecule has 0 aliphatic carbocycles. The molecule has 0 spiro atoms. The minimum atomic E-state index is -0.482. The van der Waals surface area contributed by atoms with E-state index in [2.05, 4.69) is 96.0 Å². The maximum atomic E-state index is 6.26. The van der Waals surface area contributed by atoms with Gasteiger partial charge in [0.25, 0.3) is 0 Å². The van der Waals surface area contributed by atoms with Crippen LogP contribution in [0, 0.1) is 0 Å². The van der Waals surface area contributed by atoms with Crippen molar-refractivity contribution in [2.45, 2.75) is 0 Å². The minimum Gasteiger partial charge on any atom is -0.487 e. The molecule has 0 saturated heterocycles. The zero-order chi connectivity index (χ0) is 30.1. The van der Waals surface area contributed by atoms with Crippen LogP contribution >= 0.6 is 23.9 Å². The number of nitrogens with zero attached hydrogens (tertiary/aromatic N) is 8. The Hall–Kier alpha value is -3.86. The van der Waals surface area contributed by atoms with Crippen molar-refractivity contribution < 1.29 is 4.74 Å². The molecule has 3 aromatic heterocycles. The van der Waals surface area contributed by atoms with Gasteiger partial charge in [0.1, 0.15) is 12.4 Å². The van der Waals surface area contributed by atoms with Crippen LogP contribution in [0.1, 0.15) is 0 Å². The lowest BCUT2D eigenvalue weighted by Gasteiger charge is -2.33. The molecule has 0 unspecified atom stereocenters. The van der Waals surface area contributed by atoms with Gasteiger partial charge in [-0.05, 0) is 73.2 Å². The molecule has 0 amide bonds. The number of anilines is 5. The zero-order valence-electron chi connectivity index (χ0n) is 24.8. The Morgan fingerprint density at radius 2 is 1.86 bits per heavy atom. The second kappa shape index (κ2) is 12.4. The van der Waals surface area contributed by atoms with Crippen LogP contribution in [0.4, 0.5) is 28.8 Å². The van der Waals surface area contributed by atoms with Crippen molar-refractivity contribution >= 4 is 69.0 Å². The molecule has 1 aliphatic heterocycles. The SMILES string of the molecule is CN(C)CCN1CCOc2c(Nc3ncc(Br)c(Nc4ccc5nccnc5c4P(C)C)n3)cc(-c3cnn(C)c3)cc21. The van der Waals surface area contributed by atoms with Crippen LogP contribution in [-0.4, -0.2) is 88.3 Å². The molecule has 0 fully saturated rings. The van der Waals surface area contributed by atoms with E-state index in [0.717, 1.165) is 74.4 Å².